The van der Waals surface area contributed by atoms with Crippen molar-refractivity contribution in [2.24, 2.45) is 34.5 Å². The zero-order valence-corrected chi connectivity index (χ0v) is 21.6. The van der Waals surface area contributed by atoms with Gasteiger partial charge in [0.2, 0.25) is 0 Å². The number of allylic oxidation sites excluding steroid dienone is 1. The standard InChI is InChI=1S/C30H48N2/c1-7-29(5)19-17-25-13-12-24(20-29)10-8-9-18-30(6)26(14-15-27(25)30)22(3)32-28-16-11-21(2)31-23(28)4/h11,16,24-27,32H,3,7-10,12-15,17-20H2,1-2,4-6H3/t24?,25?,26?,27-,29-,30?/m0/s1. The number of hydrogen-bond acceptors (Lipinski definition) is 2. The summed E-state index contributed by atoms with van der Waals surface area (Å²) in [5.41, 5.74) is 5.50. The van der Waals surface area contributed by atoms with Crippen LogP contribution in [-0.4, -0.2) is 4.98 Å². The van der Waals surface area contributed by atoms with Crippen LogP contribution in [0.1, 0.15) is 109 Å². The summed E-state index contributed by atoms with van der Waals surface area (Å²) in [6, 6.07) is 4.30. The molecule has 0 saturated heterocycles. The van der Waals surface area contributed by atoms with Crippen LogP contribution in [0, 0.1) is 48.3 Å². The van der Waals surface area contributed by atoms with Crippen LogP contribution in [0.25, 0.3) is 0 Å². The average molecular weight is 437 g/mol. The van der Waals surface area contributed by atoms with E-state index < -0.39 is 0 Å². The van der Waals surface area contributed by atoms with Gasteiger partial charge in [-0.1, -0.05) is 59.5 Å². The summed E-state index contributed by atoms with van der Waals surface area (Å²) in [6.07, 6.45) is 17.0. The van der Waals surface area contributed by atoms with E-state index in [4.69, 9.17) is 0 Å². The maximum atomic E-state index is 4.67. The Labute approximate surface area is 198 Å². The van der Waals surface area contributed by atoms with Crippen LogP contribution < -0.4 is 5.32 Å². The minimum absolute atomic E-state index is 0.384. The fraction of sp³-hybridized carbons (Fsp3) is 0.767. The lowest BCUT2D eigenvalue weighted by atomic mass is 9.60. The number of nitrogens with one attached hydrogen (secondary N) is 1. The Balaban J connectivity index is 1.56. The molecule has 0 radical (unpaired) electrons. The number of aromatic nitrogens is 1. The third-order valence-electron chi connectivity index (χ3n) is 10.2. The number of pyridine rings is 1. The van der Waals surface area contributed by atoms with Gasteiger partial charge in [0.1, 0.15) is 0 Å². The van der Waals surface area contributed by atoms with Crippen LogP contribution in [0.4, 0.5) is 5.69 Å². The molecule has 1 N–H and O–H groups in total. The lowest BCUT2D eigenvalue weighted by molar-refractivity contribution is 0.0566. The molecule has 0 aliphatic heterocycles. The molecule has 2 heteroatoms. The third kappa shape index (κ3) is 4.80. The van der Waals surface area contributed by atoms with Gasteiger partial charge >= 0.3 is 0 Å². The molecule has 32 heavy (non-hydrogen) atoms. The molecular formula is C30H48N2. The van der Waals surface area contributed by atoms with Gasteiger partial charge in [-0.25, -0.2) is 0 Å². The Morgan fingerprint density at radius 2 is 1.84 bits per heavy atom. The SMILES string of the molecule is C=C(Nc1ccc(C)nc1C)C1CC[C@H]2C3CCC(CCCCC12C)C[C@@](C)(CC)CC3. The van der Waals surface area contributed by atoms with Gasteiger partial charge in [-0.05, 0) is 99.5 Å². The molecule has 1 aromatic heterocycles. The Morgan fingerprint density at radius 1 is 1.03 bits per heavy atom. The first-order valence-corrected chi connectivity index (χ1v) is 13.6. The first-order chi connectivity index (χ1) is 15.2. The number of fused-ring (bicyclic) bond motifs is 5. The van der Waals surface area contributed by atoms with Crippen LogP contribution in [0.15, 0.2) is 24.4 Å². The maximum Gasteiger partial charge on any atom is 0.0610 e. The highest BCUT2D eigenvalue weighted by atomic mass is 14.9. The fourth-order valence-corrected chi connectivity index (χ4v) is 7.99. The number of rotatable bonds is 4. The van der Waals surface area contributed by atoms with Crippen molar-refractivity contribution >= 4 is 5.69 Å². The summed E-state index contributed by atoms with van der Waals surface area (Å²) in [7, 11) is 0. The topological polar surface area (TPSA) is 24.9 Å². The van der Waals surface area contributed by atoms with Crippen molar-refractivity contribution in [2.75, 3.05) is 5.32 Å². The lowest BCUT2D eigenvalue weighted by Gasteiger charge is -2.46. The Kier molecular flexibility index (Phi) is 7.08. The van der Waals surface area contributed by atoms with Crippen molar-refractivity contribution in [2.45, 2.75) is 112 Å². The van der Waals surface area contributed by atoms with Gasteiger partial charge < -0.3 is 5.32 Å². The van der Waals surface area contributed by atoms with Gasteiger partial charge in [-0.3, -0.25) is 4.98 Å². The highest BCUT2D eigenvalue weighted by Gasteiger charge is 2.50. The first kappa shape index (κ1) is 23.8. The summed E-state index contributed by atoms with van der Waals surface area (Å²) in [6.45, 7) is 16.5. The zero-order valence-electron chi connectivity index (χ0n) is 21.6. The molecule has 0 amide bonds. The molecule has 4 unspecified atom stereocenters. The average Bonchev–Trinajstić information content (AvgIpc) is 3.08. The summed E-state index contributed by atoms with van der Waals surface area (Å²) in [5.74, 6) is 3.32. The van der Waals surface area contributed by atoms with Gasteiger partial charge in [0.15, 0.2) is 0 Å². The smallest absolute Gasteiger partial charge is 0.0610 e. The summed E-state index contributed by atoms with van der Waals surface area (Å²) in [4.78, 5) is 4.67. The molecule has 3 saturated carbocycles. The molecule has 6 atom stereocenters. The van der Waals surface area contributed by atoms with Crippen molar-refractivity contribution in [3.05, 3.63) is 35.8 Å². The van der Waals surface area contributed by atoms with Gasteiger partial charge in [0, 0.05) is 17.3 Å². The molecule has 178 valence electrons. The van der Waals surface area contributed by atoms with Crippen LogP contribution in [-0.2, 0) is 0 Å². The Hall–Kier alpha value is -1.31. The van der Waals surface area contributed by atoms with Crippen LogP contribution in [0.3, 0.4) is 0 Å². The minimum atomic E-state index is 0.384. The number of nitrogens with zero attached hydrogens (tertiary/aromatic N) is 1. The molecule has 3 aliphatic carbocycles. The summed E-state index contributed by atoms with van der Waals surface area (Å²) >= 11 is 0. The number of aryl methyl sites for hydroxylation is 2. The van der Waals surface area contributed by atoms with E-state index >= 15 is 0 Å². The van der Waals surface area contributed by atoms with E-state index in [0.717, 1.165) is 34.8 Å². The van der Waals surface area contributed by atoms with Gasteiger partial charge in [0.25, 0.3) is 0 Å². The molecule has 2 bridgehead atoms. The van der Waals surface area contributed by atoms with E-state index in [1.807, 2.05) is 0 Å². The van der Waals surface area contributed by atoms with E-state index in [2.05, 4.69) is 63.6 Å². The van der Waals surface area contributed by atoms with Gasteiger partial charge in [0.05, 0.1) is 11.4 Å². The quantitative estimate of drug-likeness (QED) is 0.510. The Bertz CT molecular complexity index is 813. The van der Waals surface area contributed by atoms with Crippen molar-refractivity contribution in [1.29, 1.82) is 0 Å². The van der Waals surface area contributed by atoms with Crippen molar-refractivity contribution < 1.29 is 0 Å². The van der Waals surface area contributed by atoms with Crippen molar-refractivity contribution in [3.8, 4) is 0 Å². The molecule has 3 aliphatic rings. The molecule has 0 spiro atoms. The zero-order chi connectivity index (χ0) is 22.9. The van der Waals surface area contributed by atoms with Crippen LogP contribution in [0.5, 0.6) is 0 Å². The molecule has 2 nitrogen and oxygen atoms in total. The second-order valence-corrected chi connectivity index (χ2v) is 12.3. The second-order valence-electron chi connectivity index (χ2n) is 12.3. The highest BCUT2D eigenvalue weighted by Crippen LogP contribution is 2.59. The summed E-state index contributed by atoms with van der Waals surface area (Å²) < 4.78 is 0. The first-order valence-electron chi connectivity index (χ1n) is 13.6. The van der Waals surface area contributed by atoms with Gasteiger partial charge in [-0.15, -0.1) is 0 Å². The summed E-state index contributed by atoms with van der Waals surface area (Å²) in [5, 5.41) is 3.73. The maximum absolute atomic E-state index is 4.67. The number of anilines is 1. The number of hydrogen-bond donors (Lipinski definition) is 1. The van der Waals surface area contributed by atoms with Crippen LogP contribution >= 0.6 is 0 Å². The molecule has 1 heterocycles. The normalized spacial score (nSPS) is 37.9. The minimum Gasteiger partial charge on any atom is -0.358 e. The molecule has 0 aromatic carbocycles. The van der Waals surface area contributed by atoms with E-state index in [9.17, 15) is 0 Å². The fourth-order valence-electron chi connectivity index (χ4n) is 7.99. The lowest BCUT2D eigenvalue weighted by Crippen LogP contribution is -2.37. The molecular weight excluding hydrogens is 388 g/mol. The third-order valence-corrected chi connectivity index (χ3v) is 10.2. The highest BCUT2D eigenvalue weighted by molar-refractivity contribution is 5.52. The molecule has 1 aromatic rings. The van der Waals surface area contributed by atoms with E-state index in [0.29, 0.717) is 16.7 Å². The van der Waals surface area contributed by atoms with E-state index in [-0.39, 0.29) is 0 Å². The second kappa shape index (κ2) is 9.51. The predicted molar refractivity (Wildman–Crippen MR) is 138 cm³/mol. The van der Waals surface area contributed by atoms with Gasteiger partial charge in [-0.2, -0.15) is 0 Å². The van der Waals surface area contributed by atoms with Crippen molar-refractivity contribution in [3.63, 3.8) is 0 Å². The molecule has 3 fully saturated rings. The van der Waals surface area contributed by atoms with Crippen LogP contribution in [0.2, 0.25) is 0 Å². The van der Waals surface area contributed by atoms with Crippen molar-refractivity contribution in [1.82, 2.24) is 4.98 Å². The predicted octanol–water partition coefficient (Wildman–Crippen LogP) is 8.84. The molecule has 4 rings (SSSR count). The monoisotopic (exact) mass is 436 g/mol. The van der Waals surface area contributed by atoms with E-state index in [1.54, 1.807) is 0 Å². The Morgan fingerprint density at radius 3 is 2.59 bits per heavy atom. The van der Waals surface area contributed by atoms with E-state index in [1.165, 1.54) is 82.7 Å². The largest absolute Gasteiger partial charge is 0.358 e.